The maximum Gasteiger partial charge on any atom is 0.490 e. The summed E-state index contributed by atoms with van der Waals surface area (Å²) >= 11 is 0. The zero-order chi connectivity index (χ0) is 18.9. The van der Waals surface area contributed by atoms with E-state index >= 15 is 0 Å². The van der Waals surface area contributed by atoms with E-state index < -0.39 is 42.3 Å². The largest absolute Gasteiger partial charge is 0.490 e. The summed E-state index contributed by atoms with van der Waals surface area (Å²) in [6, 6.07) is 0. The van der Waals surface area contributed by atoms with Gasteiger partial charge < -0.3 is 29.0 Å². The van der Waals surface area contributed by atoms with Crippen molar-refractivity contribution >= 4 is 23.5 Å². The van der Waals surface area contributed by atoms with Crippen LogP contribution in [0.1, 0.15) is 25.7 Å². The summed E-state index contributed by atoms with van der Waals surface area (Å²) in [7, 11) is -14.6. The zero-order valence-corrected chi connectivity index (χ0v) is 15.9. The second kappa shape index (κ2) is 8.14. The van der Waals surface area contributed by atoms with Crippen molar-refractivity contribution in [3.05, 3.63) is 0 Å². The quantitative estimate of drug-likeness (QED) is 0.389. The van der Waals surface area contributed by atoms with Crippen LogP contribution in [0.3, 0.4) is 0 Å². The molecule has 2 unspecified atom stereocenters. The fourth-order valence-electron chi connectivity index (χ4n) is 2.73. The SMILES string of the molecule is CO[C@@H]1C[C@H](C2CCC2)O[C@@H]1COP(=O)(O)OP(=O)(O)OP(=O)(O)O. The maximum atomic E-state index is 11.7. The highest BCUT2D eigenvalue weighted by molar-refractivity contribution is 7.66. The van der Waals surface area contributed by atoms with Crippen molar-refractivity contribution in [1.29, 1.82) is 0 Å². The molecule has 2 fully saturated rings. The Kier molecular flexibility index (Phi) is 7.04. The Labute approximate surface area is 143 Å². The second-order valence-electron chi connectivity index (χ2n) is 5.80. The fourth-order valence-corrected chi connectivity index (χ4v) is 5.76. The number of hydrogen-bond acceptors (Lipinski definition) is 8. The molecule has 0 aromatic heterocycles. The van der Waals surface area contributed by atoms with Crippen LogP contribution in [0.5, 0.6) is 0 Å². The third-order valence-electron chi connectivity index (χ3n) is 4.03. The van der Waals surface area contributed by atoms with E-state index in [4.69, 9.17) is 24.2 Å². The van der Waals surface area contributed by atoms with Crippen molar-refractivity contribution in [2.75, 3.05) is 13.7 Å². The number of ether oxygens (including phenoxy) is 2. The van der Waals surface area contributed by atoms with E-state index in [1.165, 1.54) is 7.11 Å². The van der Waals surface area contributed by atoms with Crippen LogP contribution in [0.2, 0.25) is 0 Å². The summed E-state index contributed by atoms with van der Waals surface area (Å²) in [5.74, 6) is 0.397. The van der Waals surface area contributed by atoms with Crippen LogP contribution < -0.4 is 0 Å². The Morgan fingerprint density at radius 3 is 2.16 bits per heavy atom. The molecule has 1 saturated carbocycles. The molecule has 0 spiro atoms. The van der Waals surface area contributed by atoms with Crippen molar-refractivity contribution < 1.29 is 55.9 Å². The van der Waals surface area contributed by atoms with E-state index in [0.29, 0.717) is 12.3 Å². The molecule has 12 nitrogen and oxygen atoms in total. The predicted octanol–water partition coefficient (Wildman–Crippen LogP) is 1.30. The van der Waals surface area contributed by atoms with Gasteiger partial charge in [0.15, 0.2) is 0 Å². The van der Waals surface area contributed by atoms with Gasteiger partial charge in [0.1, 0.15) is 6.10 Å². The highest BCUT2D eigenvalue weighted by atomic mass is 31.3. The average Bonchev–Trinajstić information content (AvgIpc) is 2.72. The van der Waals surface area contributed by atoms with Gasteiger partial charge in [-0.3, -0.25) is 4.52 Å². The van der Waals surface area contributed by atoms with Gasteiger partial charge in [0.05, 0.1) is 18.8 Å². The first-order valence-electron chi connectivity index (χ1n) is 7.37. The molecule has 4 N–H and O–H groups in total. The number of rotatable bonds is 9. The predicted molar refractivity (Wildman–Crippen MR) is 81.2 cm³/mol. The smallest absolute Gasteiger partial charge is 0.379 e. The molecule has 0 aromatic rings. The Hall–Kier alpha value is 0.330. The van der Waals surface area contributed by atoms with Gasteiger partial charge in [-0.05, 0) is 18.8 Å². The van der Waals surface area contributed by atoms with Crippen molar-refractivity contribution in [2.24, 2.45) is 5.92 Å². The van der Waals surface area contributed by atoms with Gasteiger partial charge >= 0.3 is 23.5 Å². The molecule has 25 heavy (non-hydrogen) atoms. The molecule has 1 saturated heterocycles. The first-order chi connectivity index (χ1) is 11.4. The summed E-state index contributed by atoms with van der Waals surface area (Å²) in [4.78, 5) is 35.4. The minimum Gasteiger partial charge on any atom is -0.379 e. The number of methoxy groups -OCH3 is 1. The molecular formula is C10H21O12P3. The van der Waals surface area contributed by atoms with Crippen LogP contribution in [0.15, 0.2) is 0 Å². The Balaban J connectivity index is 1.88. The van der Waals surface area contributed by atoms with Crippen molar-refractivity contribution in [3.63, 3.8) is 0 Å². The van der Waals surface area contributed by atoms with Crippen molar-refractivity contribution in [3.8, 4) is 0 Å². The monoisotopic (exact) mass is 426 g/mol. The zero-order valence-electron chi connectivity index (χ0n) is 13.2. The van der Waals surface area contributed by atoms with Crippen molar-refractivity contribution in [2.45, 2.75) is 44.0 Å². The van der Waals surface area contributed by atoms with Crippen LogP contribution in [0.25, 0.3) is 0 Å². The summed E-state index contributed by atoms with van der Waals surface area (Å²) in [6.45, 7) is -0.481. The van der Waals surface area contributed by atoms with E-state index in [0.717, 1.165) is 19.3 Å². The topological polar surface area (TPSA) is 178 Å². The third-order valence-corrected chi connectivity index (χ3v) is 7.83. The van der Waals surface area contributed by atoms with E-state index in [-0.39, 0.29) is 6.10 Å². The molecule has 2 aliphatic rings. The van der Waals surface area contributed by atoms with Crippen LogP contribution in [0, 0.1) is 5.92 Å². The summed E-state index contributed by atoms with van der Waals surface area (Å²) in [5.41, 5.74) is 0. The first-order valence-corrected chi connectivity index (χ1v) is 11.9. The van der Waals surface area contributed by atoms with E-state index in [1.807, 2.05) is 0 Å². The highest BCUT2D eigenvalue weighted by Crippen LogP contribution is 2.66. The first kappa shape index (κ1) is 21.6. The molecule has 0 amide bonds. The van der Waals surface area contributed by atoms with Crippen LogP contribution >= 0.6 is 23.5 Å². The summed E-state index contributed by atoms with van der Waals surface area (Å²) in [6.07, 6.45) is 2.62. The number of hydrogen-bond donors (Lipinski definition) is 4. The molecular weight excluding hydrogens is 405 g/mol. The molecule has 0 radical (unpaired) electrons. The molecule has 2 rings (SSSR count). The molecule has 0 bridgehead atoms. The van der Waals surface area contributed by atoms with Gasteiger partial charge in [0, 0.05) is 13.5 Å². The standard InChI is InChI=1S/C10H21O12P3/c1-18-9-5-8(7-3-2-4-7)20-10(9)6-19-24(14,15)22-25(16,17)21-23(11,12)13/h7-10H,2-6H2,1H3,(H,14,15)(H,16,17)(H2,11,12,13)/t8-,9-,10-/m1/s1. The van der Waals surface area contributed by atoms with Gasteiger partial charge in [-0.1, -0.05) is 6.42 Å². The summed E-state index contributed by atoms with van der Waals surface area (Å²) in [5, 5.41) is 0. The molecule has 1 aliphatic carbocycles. The lowest BCUT2D eigenvalue weighted by Crippen LogP contribution is -2.29. The third kappa shape index (κ3) is 6.77. The molecule has 1 heterocycles. The lowest BCUT2D eigenvalue weighted by Gasteiger charge is -2.30. The second-order valence-corrected chi connectivity index (χ2v) is 10.2. The molecule has 0 aromatic carbocycles. The number of phosphoric ester groups is 1. The van der Waals surface area contributed by atoms with E-state index in [2.05, 4.69) is 13.1 Å². The molecule has 148 valence electrons. The van der Waals surface area contributed by atoms with Crippen molar-refractivity contribution in [1.82, 2.24) is 0 Å². The molecule has 5 atom stereocenters. The fraction of sp³-hybridized carbons (Fsp3) is 1.00. The van der Waals surface area contributed by atoms with Gasteiger partial charge in [-0.25, -0.2) is 13.7 Å². The van der Waals surface area contributed by atoms with Gasteiger partial charge in [-0.2, -0.15) is 8.62 Å². The normalized spacial score (nSPS) is 32.8. The van der Waals surface area contributed by atoms with Crippen LogP contribution in [-0.4, -0.2) is 51.6 Å². The molecule has 1 aliphatic heterocycles. The Bertz CT molecular complexity index is 600. The lowest BCUT2D eigenvalue weighted by molar-refractivity contribution is -0.0552. The van der Waals surface area contributed by atoms with E-state index in [9.17, 15) is 18.6 Å². The Morgan fingerprint density at radius 2 is 1.68 bits per heavy atom. The number of phosphoric acid groups is 3. The average molecular weight is 426 g/mol. The van der Waals surface area contributed by atoms with Crippen LogP contribution in [0.4, 0.5) is 0 Å². The maximum absolute atomic E-state index is 11.7. The van der Waals surface area contributed by atoms with Crippen LogP contribution in [-0.2, 0) is 36.3 Å². The van der Waals surface area contributed by atoms with E-state index in [1.54, 1.807) is 0 Å². The summed E-state index contributed by atoms with van der Waals surface area (Å²) < 4.78 is 56.4. The minimum absolute atomic E-state index is 0.0618. The Morgan fingerprint density at radius 1 is 1.04 bits per heavy atom. The van der Waals surface area contributed by atoms with Gasteiger partial charge in [-0.15, -0.1) is 0 Å². The van der Waals surface area contributed by atoms with Gasteiger partial charge in [0.2, 0.25) is 0 Å². The highest BCUT2D eigenvalue weighted by Gasteiger charge is 2.44. The van der Waals surface area contributed by atoms with Gasteiger partial charge in [0.25, 0.3) is 0 Å². The lowest BCUT2D eigenvalue weighted by atomic mass is 9.80. The minimum atomic E-state index is -5.52. The molecule has 15 heteroatoms.